The molecule has 0 spiro atoms. The van der Waals surface area contributed by atoms with Gasteiger partial charge >= 0.3 is 0 Å². The fourth-order valence-corrected chi connectivity index (χ4v) is 2.35. The zero-order valence-corrected chi connectivity index (χ0v) is 11.1. The minimum atomic E-state index is -0.474. The highest BCUT2D eigenvalue weighted by Crippen LogP contribution is 2.30. The number of halogens is 1. The van der Waals surface area contributed by atoms with Crippen molar-refractivity contribution < 1.29 is 9.18 Å². The highest BCUT2D eigenvalue weighted by Gasteiger charge is 2.24. The fraction of sp³-hybridized carbons (Fsp3) is 0.125. The molecule has 3 rings (SSSR count). The van der Waals surface area contributed by atoms with Crippen LogP contribution in [0.4, 0.5) is 15.8 Å². The minimum absolute atomic E-state index is 0.113. The predicted molar refractivity (Wildman–Crippen MR) is 77.2 cm³/mol. The van der Waals surface area contributed by atoms with Crippen LogP contribution >= 0.6 is 0 Å². The molecule has 0 aromatic heterocycles. The third-order valence-electron chi connectivity index (χ3n) is 3.44. The number of hydrogen-bond acceptors (Lipinski definition) is 3. The Kier molecular flexibility index (Phi) is 3.28. The molecule has 2 aromatic rings. The molecule has 1 N–H and O–H groups in total. The Balaban J connectivity index is 1.95. The van der Waals surface area contributed by atoms with E-state index in [0.717, 1.165) is 11.4 Å². The average Bonchev–Trinajstić information content (AvgIpc) is 2.51. The lowest BCUT2D eigenvalue weighted by Gasteiger charge is -2.30. The van der Waals surface area contributed by atoms with E-state index in [2.05, 4.69) is 5.32 Å². The largest absolute Gasteiger partial charge is 0.374 e. The molecule has 1 aliphatic heterocycles. The van der Waals surface area contributed by atoms with Crippen LogP contribution in [-0.2, 0) is 11.3 Å². The van der Waals surface area contributed by atoms with Gasteiger partial charge in [0.2, 0.25) is 5.91 Å². The molecule has 0 saturated heterocycles. The average molecular weight is 281 g/mol. The number of nitrogens with zero attached hydrogens (tertiary/aromatic N) is 2. The first kappa shape index (κ1) is 13.1. The summed E-state index contributed by atoms with van der Waals surface area (Å²) < 4.78 is 14.0. The lowest BCUT2D eigenvalue weighted by atomic mass is 10.1. The van der Waals surface area contributed by atoms with Gasteiger partial charge in [0.1, 0.15) is 5.82 Å². The zero-order chi connectivity index (χ0) is 14.8. The molecule has 5 heteroatoms. The molecule has 0 atom stereocenters. The number of nitriles is 1. The van der Waals surface area contributed by atoms with Crippen molar-refractivity contribution in [2.24, 2.45) is 0 Å². The Hall–Kier alpha value is -2.87. The molecule has 21 heavy (non-hydrogen) atoms. The summed E-state index contributed by atoms with van der Waals surface area (Å²) in [6.45, 7) is 0.337. The first-order chi connectivity index (χ1) is 10.2. The Morgan fingerprint density at radius 1 is 1.29 bits per heavy atom. The SMILES string of the molecule is N#Cc1ccc(CN2C(=O)CNc3ccccc32)c(F)c1. The number of carbonyl (C=O) groups is 1. The second kappa shape index (κ2) is 5.25. The smallest absolute Gasteiger partial charge is 0.246 e. The molecule has 4 nitrogen and oxygen atoms in total. The van der Waals surface area contributed by atoms with Crippen LogP contribution in [0, 0.1) is 17.1 Å². The Morgan fingerprint density at radius 2 is 2.10 bits per heavy atom. The van der Waals surface area contributed by atoms with Gasteiger partial charge in [0, 0.05) is 5.56 Å². The second-order valence-electron chi connectivity index (χ2n) is 4.77. The van der Waals surface area contributed by atoms with Gasteiger partial charge in [0.15, 0.2) is 0 Å². The minimum Gasteiger partial charge on any atom is -0.374 e. The fourth-order valence-electron chi connectivity index (χ4n) is 2.35. The van der Waals surface area contributed by atoms with Crippen molar-refractivity contribution >= 4 is 17.3 Å². The number of benzene rings is 2. The third kappa shape index (κ3) is 2.43. The molecular formula is C16H12FN3O. The first-order valence-corrected chi connectivity index (χ1v) is 6.51. The van der Waals surface area contributed by atoms with Crippen LogP contribution in [0.15, 0.2) is 42.5 Å². The maximum absolute atomic E-state index is 14.0. The number of rotatable bonds is 2. The van der Waals surface area contributed by atoms with Gasteiger partial charge in [-0.05, 0) is 24.3 Å². The predicted octanol–water partition coefficient (Wildman–Crippen LogP) is 2.66. The van der Waals surface area contributed by atoms with E-state index in [1.807, 2.05) is 30.3 Å². The van der Waals surface area contributed by atoms with Crippen LogP contribution in [0.2, 0.25) is 0 Å². The number of para-hydroxylation sites is 2. The number of nitrogens with one attached hydrogen (secondary N) is 1. The normalized spacial score (nSPS) is 13.3. The van der Waals surface area contributed by atoms with Crippen molar-refractivity contribution in [3.05, 3.63) is 59.4 Å². The Bertz CT molecular complexity index is 751. The van der Waals surface area contributed by atoms with Gasteiger partial charge < -0.3 is 10.2 Å². The summed E-state index contributed by atoms with van der Waals surface area (Å²) in [5.41, 5.74) is 2.24. The van der Waals surface area contributed by atoms with E-state index >= 15 is 0 Å². The molecule has 1 amide bonds. The summed E-state index contributed by atoms with van der Waals surface area (Å²) in [5.74, 6) is -0.588. The summed E-state index contributed by atoms with van der Waals surface area (Å²) in [6.07, 6.45) is 0. The van der Waals surface area contributed by atoms with Crippen molar-refractivity contribution in [2.75, 3.05) is 16.8 Å². The Morgan fingerprint density at radius 3 is 2.86 bits per heavy atom. The van der Waals surface area contributed by atoms with E-state index < -0.39 is 5.82 Å². The standard InChI is InChI=1S/C16H12FN3O/c17-13-7-11(8-18)5-6-12(13)10-20-15-4-2-1-3-14(15)19-9-16(20)21/h1-7,19H,9-10H2. The summed E-state index contributed by atoms with van der Waals surface area (Å²) >= 11 is 0. The van der Waals surface area contributed by atoms with Crippen molar-refractivity contribution in [1.82, 2.24) is 0 Å². The van der Waals surface area contributed by atoms with Crippen molar-refractivity contribution in [1.29, 1.82) is 5.26 Å². The highest BCUT2D eigenvalue weighted by atomic mass is 19.1. The molecule has 0 bridgehead atoms. The lowest BCUT2D eigenvalue weighted by molar-refractivity contribution is -0.117. The summed E-state index contributed by atoms with van der Waals surface area (Å²) in [5, 5.41) is 11.8. The number of amides is 1. The molecule has 0 aliphatic carbocycles. The van der Waals surface area contributed by atoms with E-state index in [9.17, 15) is 9.18 Å². The number of hydrogen-bond donors (Lipinski definition) is 1. The van der Waals surface area contributed by atoms with E-state index in [4.69, 9.17) is 5.26 Å². The molecule has 2 aromatic carbocycles. The van der Waals surface area contributed by atoms with Gasteiger partial charge in [0.05, 0.1) is 36.1 Å². The van der Waals surface area contributed by atoms with Gasteiger partial charge in [-0.25, -0.2) is 4.39 Å². The first-order valence-electron chi connectivity index (χ1n) is 6.51. The van der Waals surface area contributed by atoms with Gasteiger partial charge in [-0.2, -0.15) is 5.26 Å². The highest BCUT2D eigenvalue weighted by molar-refractivity contribution is 6.02. The second-order valence-corrected chi connectivity index (χ2v) is 4.77. The van der Waals surface area contributed by atoms with Crippen LogP contribution < -0.4 is 10.2 Å². The van der Waals surface area contributed by atoms with E-state index in [1.165, 1.54) is 6.07 Å². The van der Waals surface area contributed by atoms with E-state index in [0.29, 0.717) is 5.56 Å². The van der Waals surface area contributed by atoms with Crippen LogP contribution in [-0.4, -0.2) is 12.5 Å². The number of fused-ring (bicyclic) bond motifs is 1. The maximum Gasteiger partial charge on any atom is 0.246 e. The summed E-state index contributed by atoms with van der Waals surface area (Å²) in [6, 6.07) is 13.6. The van der Waals surface area contributed by atoms with Crippen molar-refractivity contribution in [2.45, 2.75) is 6.54 Å². The van der Waals surface area contributed by atoms with E-state index in [1.54, 1.807) is 17.0 Å². The lowest BCUT2D eigenvalue weighted by Crippen LogP contribution is -2.39. The quantitative estimate of drug-likeness (QED) is 0.920. The molecule has 104 valence electrons. The van der Waals surface area contributed by atoms with Gasteiger partial charge in [-0.15, -0.1) is 0 Å². The van der Waals surface area contributed by atoms with E-state index in [-0.39, 0.29) is 24.6 Å². The number of anilines is 2. The molecule has 0 radical (unpaired) electrons. The number of carbonyl (C=O) groups excluding carboxylic acids is 1. The van der Waals surface area contributed by atoms with Crippen molar-refractivity contribution in [3.8, 4) is 6.07 Å². The van der Waals surface area contributed by atoms with Gasteiger partial charge in [-0.1, -0.05) is 18.2 Å². The molecule has 0 unspecified atom stereocenters. The Labute approximate surface area is 121 Å². The molecular weight excluding hydrogens is 269 g/mol. The van der Waals surface area contributed by atoms with Crippen LogP contribution in [0.25, 0.3) is 0 Å². The summed E-state index contributed by atoms with van der Waals surface area (Å²) in [7, 11) is 0. The zero-order valence-electron chi connectivity index (χ0n) is 11.1. The summed E-state index contributed by atoms with van der Waals surface area (Å²) in [4.78, 5) is 13.6. The van der Waals surface area contributed by atoms with Gasteiger partial charge in [-0.3, -0.25) is 4.79 Å². The van der Waals surface area contributed by atoms with Gasteiger partial charge in [0.25, 0.3) is 0 Å². The molecule has 0 saturated carbocycles. The monoisotopic (exact) mass is 281 g/mol. The van der Waals surface area contributed by atoms with Crippen LogP contribution in [0.3, 0.4) is 0 Å². The molecule has 1 heterocycles. The molecule has 0 fully saturated rings. The third-order valence-corrected chi connectivity index (χ3v) is 3.44. The molecule has 1 aliphatic rings. The van der Waals surface area contributed by atoms with Crippen LogP contribution in [0.1, 0.15) is 11.1 Å². The van der Waals surface area contributed by atoms with Crippen molar-refractivity contribution in [3.63, 3.8) is 0 Å². The topological polar surface area (TPSA) is 56.1 Å². The van der Waals surface area contributed by atoms with Crippen LogP contribution in [0.5, 0.6) is 0 Å². The maximum atomic E-state index is 14.0.